The lowest BCUT2D eigenvalue weighted by Crippen LogP contribution is -2.40. The molecule has 1 aromatic heterocycles. The Hall–Kier alpha value is -1.31. The van der Waals surface area contributed by atoms with Gasteiger partial charge < -0.3 is 0 Å². The van der Waals surface area contributed by atoms with Gasteiger partial charge in [0.15, 0.2) is 0 Å². The molecule has 0 spiro atoms. The summed E-state index contributed by atoms with van der Waals surface area (Å²) in [6, 6.07) is -0.284. The van der Waals surface area contributed by atoms with Gasteiger partial charge in [0.1, 0.15) is 0 Å². The van der Waals surface area contributed by atoms with Crippen LogP contribution in [-0.4, -0.2) is 33.9 Å². The summed E-state index contributed by atoms with van der Waals surface area (Å²) in [6.45, 7) is 2.15. The minimum atomic E-state index is -4.57. The zero-order chi connectivity index (χ0) is 15.0. The monoisotopic (exact) mass is 295 g/mol. The molecule has 8 heteroatoms. The van der Waals surface area contributed by atoms with Gasteiger partial charge in [-0.1, -0.05) is 0 Å². The fourth-order valence-electron chi connectivity index (χ4n) is 2.15. The second-order valence-electron chi connectivity index (χ2n) is 4.91. The average molecular weight is 295 g/mol. The highest BCUT2D eigenvalue weighted by atomic mass is 19.4. The molecule has 0 aliphatic carbocycles. The number of nitrogens with zero attached hydrogens (tertiary/aromatic N) is 3. The quantitative estimate of drug-likeness (QED) is 0.784. The fraction of sp³-hybridized carbons (Fsp3) is 0.667. The second kappa shape index (κ2) is 5.23. The zero-order valence-corrected chi connectivity index (χ0v) is 10.8. The van der Waals surface area contributed by atoms with Gasteiger partial charge in [-0.2, -0.15) is 13.2 Å². The Morgan fingerprint density at radius 3 is 2.10 bits per heavy atom. The lowest BCUT2D eigenvalue weighted by Gasteiger charge is -2.35. The molecule has 0 bridgehead atoms. The summed E-state index contributed by atoms with van der Waals surface area (Å²) < 4.78 is 63.1. The van der Waals surface area contributed by atoms with Crippen molar-refractivity contribution in [1.82, 2.24) is 14.9 Å². The summed E-state index contributed by atoms with van der Waals surface area (Å²) in [4.78, 5) is 8.36. The van der Waals surface area contributed by atoms with Crippen molar-refractivity contribution in [1.29, 1.82) is 0 Å². The molecule has 1 aliphatic heterocycles. The standard InChI is InChI=1S/C12H14F5N3/c1-8(20-4-2-11(13,14)3-5-20)9-6-18-10(19-7-9)12(15,16)17/h6-8H,2-5H2,1H3. The van der Waals surface area contributed by atoms with Crippen LogP contribution < -0.4 is 0 Å². The lowest BCUT2D eigenvalue weighted by atomic mass is 10.0. The van der Waals surface area contributed by atoms with Crippen molar-refractivity contribution in [3.05, 3.63) is 23.8 Å². The molecule has 2 rings (SSSR count). The van der Waals surface area contributed by atoms with E-state index in [4.69, 9.17) is 0 Å². The van der Waals surface area contributed by atoms with E-state index in [2.05, 4.69) is 9.97 Å². The van der Waals surface area contributed by atoms with E-state index in [0.717, 1.165) is 12.4 Å². The van der Waals surface area contributed by atoms with Crippen LogP contribution in [0.25, 0.3) is 0 Å². The van der Waals surface area contributed by atoms with Crippen LogP contribution in [0.15, 0.2) is 12.4 Å². The SMILES string of the molecule is CC(c1cnc(C(F)(F)F)nc1)N1CCC(F)(F)CC1. The predicted molar refractivity (Wildman–Crippen MR) is 61.2 cm³/mol. The summed E-state index contributed by atoms with van der Waals surface area (Å²) in [6.07, 6.45) is -2.84. The molecule has 0 N–H and O–H groups in total. The molecular formula is C12H14F5N3. The minimum absolute atomic E-state index is 0.204. The number of hydrogen-bond donors (Lipinski definition) is 0. The summed E-state index contributed by atoms with van der Waals surface area (Å²) in [5, 5.41) is 0. The highest BCUT2D eigenvalue weighted by Gasteiger charge is 2.37. The molecule has 112 valence electrons. The van der Waals surface area contributed by atoms with E-state index < -0.39 is 17.9 Å². The van der Waals surface area contributed by atoms with E-state index in [-0.39, 0.29) is 32.0 Å². The molecule has 0 saturated carbocycles. The summed E-state index contributed by atoms with van der Waals surface area (Å²) in [7, 11) is 0. The minimum Gasteiger partial charge on any atom is -0.296 e. The molecule has 1 unspecified atom stereocenters. The third-order valence-electron chi connectivity index (χ3n) is 3.49. The maximum atomic E-state index is 13.1. The first-order chi connectivity index (χ1) is 9.19. The van der Waals surface area contributed by atoms with Crippen LogP contribution >= 0.6 is 0 Å². The van der Waals surface area contributed by atoms with Crippen LogP contribution in [0.5, 0.6) is 0 Å². The van der Waals surface area contributed by atoms with Crippen LogP contribution in [0.4, 0.5) is 22.0 Å². The van der Waals surface area contributed by atoms with Crippen molar-refractivity contribution >= 4 is 0 Å². The van der Waals surface area contributed by atoms with Gasteiger partial charge in [0.05, 0.1) is 0 Å². The van der Waals surface area contributed by atoms with Crippen LogP contribution in [0, 0.1) is 0 Å². The predicted octanol–water partition coefficient (Wildman–Crippen LogP) is 3.29. The third kappa shape index (κ3) is 3.41. The van der Waals surface area contributed by atoms with E-state index in [1.165, 1.54) is 0 Å². The molecule has 1 aliphatic rings. The normalized spacial score (nSPS) is 21.7. The first-order valence-corrected chi connectivity index (χ1v) is 6.20. The van der Waals surface area contributed by atoms with Crippen LogP contribution in [0.2, 0.25) is 0 Å². The second-order valence-corrected chi connectivity index (χ2v) is 4.91. The lowest BCUT2D eigenvalue weighted by molar-refractivity contribution is -0.145. The van der Waals surface area contributed by atoms with Crippen molar-refractivity contribution in [2.75, 3.05) is 13.1 Å². The Labute approximate surface area is 112 Å². The van der Waals surface area contributed by atoms with Crippen molar-refractivity contribution < 1.29 is 22.0 Å². The Bertz CT molecular complexity index is 447. The molecule has 20 heavy (non-hydrogen) atoms. The van der Waals surface area contributed by atoms with Crippen molar-refractivity contribution in [2.24, 2.45) is 0 Å². The first-order valence-electron chi connectivity index (χ1n) is 6.20. The van der Waals surface area contributed by atoms with E-state index in [1.54, 1.807) is 11.8 Å². The Morgan fingerprint density at radius 1 is 1.15 bits per heavy atom. The largest absolute Gasteiger partial charge is 0.451 e. The molecule has 1 atom stereocenters. The molecule has 0 amide bonds. The number of alkyl halides is 5. The van der Waals surface area contributed by atoms with E-state index in [9.17, 15) is 22.0 Å². The van der Waals surface area contributed by atoms with Gasteiger partial charge in [-0.25, -0.2) is 18.7 Å². The summed E-state index contributed by atoms with van der Waals surface area (Å²) in [5.41, 5.74) is 0.489. The summed E-state index contributed by atoms with van der Waals surface area (Å²) in [5.74, 6) is -3.84. The number of likely N-dealkylation sites (tertiary alicyclic amines) is 1. The number of rotatable bonds is 2. The van der Waals surface area contributed by atoms with Gasteiger partial charge in [-0.3, -0.25) is 4.90 Å². The average Bonchev–Trinajstić information content (AvgIpc) is 2.37. The fourth-order valence-corrected chi connectivity index (χ4v) is 2.15. The first kappa shape index (κ1) is 15.1. The Balaban J connectivity index is 2.05. The third-order valence-corrected chi connectivity index (χ3v) is 3.49. The van der Waals surface area contributed by atoms with Crippen molar-refractivity contribution in [3.8, 4) is 0 Å². The number of piperidine rings is 1. The van der Waals surface area contributed by atoms with E-state index in [1.807, 2.05) is 0 Å². The molecule has 1 saturated heterocycles. The van der Waals surface area contributed by atoms with Crippen LogP contribution in [0.3, 0.4) is 0 Å². The van der Waals surface area contributed by atoms with Gasteiger partial charge in [-0.05, 0) is 6.92 Å². The Kier molecular flexibility index (Phi) is 3.95. The molecule has 1 fully saturated rings. The zero-order valence-electron chi connectivity index (χ0n) is 10.8. The van der Waals surface area contributed by atoms with Gasteiger partial charge in [0.2, 0.25) is 5.82 Å². The molecule has 3 nitrogen and oxygen atoms in total. The molecule has 0 radical (unpaired) electrons. The van der Waals surface area contributed by atoms with Crippen LogP contribution in [-0.2, 0) is 6.18 Å². The van der Waals surface area contributed by atoms with E-state index >= 15 is 0 Å². The number of hydrogen-bond acceptors (Lipinski definition) is 3. The molecule has 2 heterocycles. The van der Waals surface area contributed by atoms with Gasteiger partial charge in [0, 0.05) is 49.9 Å². The summed E-state index contributed by atoms with van der Waals surface area (Å²) >= 11 is 0. The van der Waals surface area contributed by atoms with E-state index in [0.29, 0.717) is 5.56 Å². The molecule has 1 aromatic rings. The van der Waals surface area contributed by atoms with Gasteiger partial charge in [0.25, 0.3) is 5.92 Å². The maximum absolute atomic E-state index is 13.1. The molecular weight excluding hydrogens is 281 g/mol. The van der Waals surface area contributed by atoms with Gasteiger partial charge in [-0.15, -0.1) is 0 Å². The number of halogens is 5. The highest BCUT2D eigenvalue weighted by molar-refractivity contribution is 5.11. The van der Waals surface area contributed by atoms with Crippen molar-refractivity contribution in [2.45, 2.75) is 37.9 Å². The topological polar surface area (TPSA) is 29.0 Å². The number of aromatic nitrogens is 2. The maximum Gasteiger partial charge on any atom is 0.451 e. The van der Waals surface area contributed by atoms with Gasteiger partial charge >= 0.3 is 6.18 Å². The smallest absolute Gasteiger partial charge is 0.296 e. The Morgan fingerprint density at radius 2 is 1.65 bits per heavy atom. The van der Waals surface area contributed by atoms with Crippen LogP contribution in [0.1, 0.15) is 37.2 Å². The molecule has 0 aromatic carbocycles. The van der Waals surface area contributed by atoms with Crippen molar-refractivity contribution in [3.63, 3.8) is 0 Å². The highest BCUT2D eigenvalue weighted by Crippen LogP contribution is 2.32.